The topological polar surface area (TPSA) is 210 Å². The van der Waals surface area contributed by atoms with Gasteiger partial charge < -0.3 is 39.9 Å². The van der Waals surface area contributed by atoms with Crippen molar-refractivity contribution in [1.82, 2.24) is 0 Å². The largest absolute Gasteiger partial charge is 0.472 e. The Hall–Kier alpha value is -2.71. The first kappa shape index (κ1) is 56.3. The number of rotatable bonds is 36. The summed E-state index contributed by atoms with van der Waals surface area (Å²) < 4.78 is 33.3. The van der Waals surface area contributed by atoms with Crippen molar-refractivity contribution in [3.05, 3.63) is 72.9 Å². The van der Waals surface area contributed by atoms with Crippen LogP contribution in [0.25, 0.3) is 0 Å². The minimum absolute atomic E-state index is 0.0362. The van der Waals surface area contributed by atoms with E-state index in [0.717, 1.165) is 70.6 Å². The predicted molar refractivity (Wildman–Crippen MR) is 239 cm³/mol. The lowest BCUT2D eigenvalue weighted by molar-refractivity contribution is -0.220. The Balaban J connectivity index is 2.55. The van der Waals surface area contributed by atoms with Crippen LogP contribution in [0.2, 0.25) is 0 Å². The zero-order chi connectivity index (χ0) is 45.0. The molecule has 0 aromatic carbocycles. The normalized spacial score (nSPS) is 22.7. The van der Waals surface area contributed by atoms with Crippen molar-refractivity contribution < 1.29 is 63.1 Å². The smallest absolute Gasteiger partial charge is 0.458 e. The molecule has 61 heavy (non-hydrogen) atoms. The zero-order valence-corrected chi connectivity index (χ0v) is 37.8. The maximum absolute atomic E-state index is 12.8. The van der Waals surface area contributed by atoms with E-state index in [2.05, 4.69) is 62.5 Å². The van der Waals surface area contributed by atoms with Crippen LogP contribution in [-0.4, -0.2) is 98.3 Å². The monoisotopic (exact) mass is 883 g/mol. The minimum atomic E-state index is -5.15. The number of hydrogen-bond acceptors (Lipinski definition) is 12. The molecule has 1 saturated carbocycles. The van der Waals surface area contributed by atoms with Crippen molar-refractivity contribution in [1.29, 1.82) is 0 Å². The highest BCUT2D eigenvalue weighted by Crippen LogP contribution is 2.47. The molecular formula is C47H79O13P. The van der Waals surface area contributed by atoms with Gasteiger partial charge in [0.15, 0.2) is 6.10 Å². The minimum Gasteiger partial charge on any atom is -0.458 e. The Kier molecular flexibility index (Phi) is 33.9. The number of allylic oxidation sites excluding steroid dienone is 11. The lowest BCUT2D eigenvalue weighted by atomic mass is 9.85. The molecule has 1 aliphatic carbocycles. The van der Waals surface area contributed by atoms with Gasteiger partial charge in [-0.15, -0.1) is 0 Å². The standard InChI is InChI=1S/C47H79O13P/c1-3-5-7-9-11-13-15-17-19-20-22-24-26-28-30-32-34-36-41(49)59-39(38-58-61(55,56)60-47-45(53)43(51)42(50)44(52)46(47)54)37-57-40(48)35-33-31-29-27-25-23-21-18-16-14-12-10-8-6-4-2/h7,9,13,15,19-20,24,26,29,31,33,35,39,42-47,50-54H,3-6,8,10-12,14,16-18,21-23,25,27-28,30,32,34,36-38H2,1-2H3,(H,55,56)/b9-7+,15-13+,20-19+,26-24+,31-29+,35-33+/t39-,42?,43+,44?,45?,46?,47?/m1/s1. The van der Waals surface area contributed by atoms with Crippen LogP contribution in [0.1, 0.15) is 155 Å². The molecule has 1 fully saturated rings. The third-order valence-corrected chi connectivity index (χ3v) is 11.1. The second-order valence-electron chi connectivity index (χ2n) is 15.6. The Morgan fingerprint density at radius 2 is 1.03 bits per heavy atom. The molecule has 13 nitrogen and oxygen atoms in total. The summed E-state index contributed by atoms with van der Waals surface area (Å²) in [6, 6.07) is 0. The summed E-state index contributed by atoms with van der Waals surface area (Å²) in [5.74, 6) is -1.39. The molecule has 1 aliphatic rings. The number of carbonyl (C=O) groups is 2. The van der Waals surface area contributed by atoms with E-state index in [-0.39, 0.29) is 6.42 Å². The summed E-state index contributed by atoms with van der Waals surface area (Å²) >= 11 is 0. The summed E-state index contributed by atoms with van der Waals surface area (Å²) in [6.07, 6.45) is 33.0. The van der Waals surface area contributed by atoms with Gasteiger partial charge >= 0.3 is 19.8 Å². The fraction of sp³-hybridized carbons (Fsp3) is 0.702. The van der Waals surface area contributed by atoms with Crippen LogP contribution in [0, 0.1) is 0 Å². The van der Waals surface area contributed by atoms with E-state index in [1.165, 1.54) is 69.9 Å². The lowest BCUT2D eigenvalue weighted by Crippen LogP contribution is -2.64. The van der Waals surface area contributed by atoms with Gasteiger partial charge in [-0.1, -0.05) is 158 Å². The highest BCUT2D eigenvalue weighted by atomic mass is 31.2. The van der Waals surface area contributed by atoms with E-state index >= 15 is 0 Å². The van der Waals surface area contributed by atoms with Crippen LogP contribution in [0.5, 0.6) is 0 Å². The Morgan fingerprint density at radius 3 is 1.59 bits per heavy atom. The number of aliphatic hydroxyl groups excluding tert-OH is 5. The molecule has 8 atom stereocenters. The van der Waals surface area contributed by atoms with Crippen LogP contribution in [0.4, 0.5) is 0 Å². The van der Waals surface area contributed by atoms with Gasteiger partial charge in [-0.2, -0.15) is 0 Å². The second kappa shape index (κ2) is 36.7. The van der Waals surface area contributed by atoms with Gasteiger partial charge in [0.05, 0.1) is 6.61 Å². The van der Waals surface area contributed by atoms with Gasteiger partial charge in [0.2, 0.25) is 0 Å². The molecule has 6 unspecified atom stereocenters. The first-order chi connectivity index (χ1) is 29.4. The van der Waals surface area contributed by atoms with Gasteiger partial charge in [-0.05, 0) is 57.8 Å². The van der Waals surface area contributed by atoms with Crippen LogP contribution in [0.15, 0.2) is 72.9 Å². The van der Waals surface area contributed by atoms with E-state index in [4.69, 9.17) is 18.5 Å². The second-order valence-corrected chi connectivity index (χ2v) is 17.0. The fourth-order valence-corrected chi connectivity index (χ4v) is 7.40. The molecule has 0 radical (unpaired) electrons. The van der Waals surface area contributed by atoms with Crippen molar-refractivity contribution in [2.45, 2.75) is 198 Å². The molecule has 0 spiro atoms. The van der Waals surface area contributed by atoms with Crippen molar-refractivity contribution in [2.24, 2.45) is 0 Å². The number of ether oxygens (including phenoxy) is 2. The molecule has 0 aliphatic heterocycles. The van der Waals surface area contributed by atoms with Gasteiger partial charge in [-0.25, -0.2) is 9.36 Å². The molecule has 0 amide bonds. The number of aliphatic hydroxyl groups is 5. The first-order valence-electron chi connectivity index (χ1n) is 22.8. The van der Waals surface area contributed by atoms with E-state index in [0.29, 0.717) is 6.42 Å². The van der Waals surface area contributed by atoms with Gasteiger partial charge in [0.1, 0.15) is 43.2 Å². The third-order valence-electron chi connectivity index (χ3n) is 10.1. The summed E-state index contributed by atoms with van der Waals surface area (Å²) in [7, 11) is -5.15. The maximum atomic E-state index is 12.8. The SMILES string of the molecule is CCC/C=C/C/C=C/C/C=C/C/C=C/CCCCCC(=O)O[C@H](COC(=O)/C=C/C=C/CCCCCCCCCCCCC)COP(=O)(O)OC1C(O)C(O)C(O)[C@H](O)C1O. The van der Waals surface area contributed by atoms with Gasteiger partial charge in [0.25, 0.3) is 0 Å². The molecule has 0 saturated heterocycles. The summed E-state index contributed by atoms with van der Waals surface area (Å²) in [6.45, 7) is 3.08. The number of phosphoric ester groups is 1. The van der Waals surface area contributed by atoms with Crippen molar-refractivity contribution in [3.63, 3.8) is 0 Å². The number of esters is 2. The Morgan fingerprint density at radius 1 is 0.557 bits per heavy atom. The lowest BCUT2D eigenvalue weighted by Gasteiger charge is -2.41. The number of unbranched alkanes of at least 4 members (excludes halogenated alkanes) is 15. The van der Waals surface area contributed by atoms with Crippen molar-refractivity contribution in [2.75, 3.05) is 13.2 Å². The molecule has 0 bridgehead atoms. The predicted octanol–water partition coefficient (Wildman–Crippen LogP) is 8.72. The average Bonchev–Trinajstić information content (AvgIpc) is 3.24. The first-order valence-corrected chi connectivity index (χ1v) is 24.3. The summed E-state index contributed by atoms with van der Waals surface area (Å²) in [5.41, 5.74) is 0. The highest BCUT2D eigenvalue weighted by molar-refractivity contribution is 7.47. The van der Waals surface area contributed by atoms with E-state index in [9.17, 15) is 44.6 Å². The molecule has 1 rings (SSSR count). The third kappa shape index (κ3) is 29.3. The Labute approximate surface area is 365 Å². The van der Waals surface area contributed by atoms with E-state index < -0.39 is 75.7 Å². The molecular weight excluding hydrogens is 803 g/mol. The van der Waals surface area contributed by atoms with Crippen molar-refractivity contribution >= 4 is 19.8 Å². The number of phosphoric acid groups is 1. The zero-order valence-electron chi connectivity index (χ0n) is 36.9. The van der Waals surface area contributed by atoms with E-state index in [1.807, 2.05) is 6.08 Å². The van der Waals surface area contributed by atoms with Crippen LogP contribution < -0.4 is 0 Å². The molecule has 0 heterocycles. The summed E-state index contributed by atoms with van der Waals surface area (Å²) in [5, 5.41) is 50.1. The Bertz CT molecular complexity index is 1340. The van der Waals surface area contributed by atoms with E-state index in [1.54, 1.807) is 6.08 Å². The van der Waals surface area contributed by atoms with Gasteiger partial charge in [-0.3, -0.25) is 13.8 Å². The quantitative estimate of drug-likeness (QED) is 0.00870. The average molecular weight is 883 g/mol. The van der Waals surface area contributed by atoms with Gasteiger partial charge in [0, 0.05) is 12.5 Å². The van der Waals surface area contributed by atoms with Crippen LogP contribution in [-0.2, 0) is 32.7 Å². The van der Waals surface area contributed by atoms with Crippen LogP contribution in [0.3, 0.4) is 0 Å². The fourth-order valence-electron chi connectivity index (χ4n) is 6.43. The highest BCUT2D eigenvalue weighted by Gasteiger charge is 2.51. The molecule has 350 valence electrons. The van der Waals surface area contributed by atoms with Crippen LogP contribution >= 0.6 is 7.82 Å². The molecule has 6 N–H and O–H groups in total. The molecule has 0 aromatic rings. The molecule has 14 heteroatoms. The van der Waals surface area contributed by atoms with Crippen molar-refractivity contribution in [3.8, 4) is 0 Å². The molecule has 0 aromatic heterocycles. The maximum Gasteiger partial charge on any atom is 0.472 e. The number of carbonyl (C=O) groups excluding carboxylic acids is 2. The summed E-state index contributed by atoms with van der Waals surface area (Å²) in [4.78, 5) is 35.5. The number of hydrogen-bond donors (Lipinski definition) is 6.